The molecule has 2 aromatic carbocycles. The molecular formula is C23H28N2O4. The van der Waals surface area contributed by atoms with Crippen molar-refractivity contribution in [2.75, 3.05) is 6.54 Å². The number of hydrogen-bond donors (Lipinski definition) is 2. The molecule has 0 spiro atoms. The monoisotopic (exact) mass is 396 g/mol. The van der Waals surface area contributed by atoms with E-state index in [4.69, 9.17) is 4.74 Å². The molecule has 2 amide bonds. The first-order chi connectivity index (χ1) is 13.8. The average molecular weight is 396 g/mol. The van der Waals surface area contributed by atoms with Gasteiger partial charge >= 0.3 is 5.97 Å². The highest BCUT2D eigenvalue weighted by molar-refractivity contribution is 5.92. The van der Waals surface area contributed by atoms with Crippen molar-refractivity contribution >= 4 is 28.6 Å². The van der Waals surface area contributed by atoms with Gasteiger partial charge in [-0.15, -0.1) is 6.58 Å². The summed E-state index contributed by atoms with van der Waals surface area (Å²) in [6, 6.07) is 12.8. The van der Waals surface area contributed by atoms with Gasteiger partial charge in [-0.2, -0.15) is 0 Å². The number of rotatable bonds is 9. The number of esters is 1. The van der Waals surface area contributed by atoms with Gasteiger partial charge in [0.25, 0.3) is 5.91 Å². The fourth-order valence-electron chi connectivity index (χ4n) is 2.96. The Balaban J connectivity index is 2.03. The number of carbonyl (C=O) groups is 3. The molecule has 0 aliphatic carbocycles. The number of carbonyl (C=O) groups excluding carboxylic acids is 3. The SMILES string of the molecule is C=CCNC(=O)[C@H](C)OC(=O)[C@@H](NC(=O)Cc1cccc2ccccc12)C(C)C. The van der Waals surface area contributed by atoms with Crippen LogP contribution in [0.3, 0.4) is 0 Å². The van der Waals surface area contributed by atoms with Crippen LogP contribution >= 0.6 is 0 Å². The van der Waals surface area contributed by atoms with Crippen LogP contribution in [-0.2, 0) is 25.5 Å². The molecule has 0 fully saturated rings. The summed E-state index contributed by atoms with van der Waals surface area (Å²) in [5, 5.41) is 7.38. The first-order valence-electron chi connectivity index (χ1n) is 9.68. The minimum atomic E-state index is -0.960. The minimum absolute atomic E-state index is 0.146. The standard InChI is InChI=1S/C23H28N2O4/c1-5-13-24-22(27)16(4)29-23(28)21(15(2)3)25-20(26)14-18-11-8-10-17-9-6-7-12-19(17)18/h5-12,15-16,21H,1,13-14H2,2-4H3,(H,24,27)(H,25,26)/t16-,21-/m0/s1. The van der Waals surface area contributed by atoms with E-state index in [1.54, 1.807) is 0 Å². The normalized spacial score (nSPS) is 12.8. The van der Waals surface area contributed by atoms with Gasteiger partial charge in [0.15, 0.2) is 6.10 Å². The zero-order valence-electron chi connectivity index (χ0n) is 17.1. The average Bonchev–Trinajstić information content (AvgIpc) is 2.70. The molecule has 0 saturated carbocycles. The van der Waals surface area contributed by atoms with Gasteiger partial charge in [-0.3, -0.25) is 9.59 Å². The summed E-state index contributed by atoms with van der Waals surface area (Å²) in [7, 11) is 0. The molecule has 2 rings (SSSR count). The van der Waals surface area contributed by atoms with E-state index in [9.17, 15) is 14.4 Å². The van der Waals surface area contributed by atoms with Gasteiger partial charge in [-0.1, -0.05) is 62.4 Å². The predicted octanol–water partition coefficient (Wildman–Crippen LogP) is 2.76. The number of nitrogens with one attached hydrogen (secondary N) is 2. The third-order valence-electron chi connectivity index (χ3n) is 4.55. The van der Waals surface area contributed by atoms with E-state index < -0.39 is 24.0 Å². The highest BCUT2D eigenvalue weighted by Crippen LogP contribution is 2.19. The molecule has 2 N–H and O–H groups in total. The van der Waals surface area contributed by atoms with Crippen LogP contribution in [0.1, 0.15) is 26.3 Å². The second-order valence-electron chi connectivity index (χ2n) is 7.22. The maximum atomic E-state index is 12.6. The first kappa shape index (κ1) is 22.1. The van der Waals surface area contributed by atoms with Crippen molar-refractivity contribution in [3.63, 3.8) is 0 Å². The lowest BCUT2D eigenvalue weighted by atomic mass is 10.0. The van der Waals surface area contributed by atoms with E-state index in [1.165, 1.54) is 13.0 Å². The van der Waals surface area contributed by atoms with Crippen molar-refractivity contribution in [2.24, 2.45) is 5.92 Å². The summed E-state index contributed by atoms with van der Waals surface area (Å²) in [5.74, 6) is -1.52. The van der Waals surface area contributed by atoms with Crippen LogP contribution in [-0.4, -0.2) is 36.5 Å². The summed E-state index contributed by atoms with van der Waals surface area (Å²) < 4.78 is 5.25. The molecule has 0 aromatic heterocycles. The Morgan fingerprint density at radius 2 is 1.76 bits per heavy atom. The van der Waals surface area contributed by atoms with Gasteiger partial charge in [-0.25, -0.2) is 4.79 Å². The van der Waals surface area contributed by atoms with Crippen molar-refractivity contribution < 1.29 is 19.1 Å². The summed E-state index contributed by atoms with van der Waals surface area (Å²) in [4.78, 5) is 37.1. The lowest BCUT2D eigenvalue weighted by Gasteiger charge is -2.23. The molecule has 2 aromatic rings. The van der Waals surface area contributed by atoms with E-state index in [0.29, 0.717) is 0 Å². The molecular weight excluding hydrogens is 368 g/mol. The molecule has 154 valence electrons. The van der Waals surface area contributed by atoms with Gasteiger partial charge < -0.3 is 15.4 Å². The molecule has 0 radical (unpaired) electrons. The van der Waals surface area contributed by atoms with E-state index >= 15 is 0 Å². The molecule has 2 atom stereocenters. The van der Waals surface area contributed by atoms with Gasteiger partial charge in [0.1, 0.15) is 6.04 Å². The largest absolute Gasteiger partial charge is 0.451 e. The molecule has 0 aliphatic rings. The first-order valence-corrected chi connectivity index (χ1v) is 9.68. The van der Waals surface area contributed by atoms with E-state index in [-0.39, 0.29) is 24.8 Å². The van der Waals surface area contributed by atoms with Crippen LogP contribution < -0.4 is 10.6 Å². The maximum Gasteiger partial charge on any atom is 0.329 e. The summed E-state index contributed by atoms with van der Waals surface area (Å²) in [5.41, 5.74) is 0.883. The van der Waals surface area contributed by atoms with E-state index in [1.807, 2.05) is 56.3 Å². The maximum absolute atomic E-state index is 12.6. The smallest absolute Gasteiger partial charge is 0.329 e. The van der Waals surface area contributed by atoms with Crippen LogP contribution in [0.25, 0.3) is 10.8 Å². The van der Waals surface area contributed by atoms with Gasteiger partial charge in [0, 0.05) is 6.54 Å². The predicted molar refractivity (Wildman–Crippen MR) is 113 cm³/mol. The fourth-order valence-corrected chi connectivity index (χ4v) is 2.96. The highest BCUT2D eigenvalue weighted by atomic mass is 16.5. The quantitative estimate of drug-likeness (QED) is 0.504. The molecule has 6 nitrogen and oxygen atoms in total. The highest BCUT2D eigenvalue weighted by Gasteiger charge is 2.28. The number of hydrogen-bond acceptors (Lipinski definition) is 4. The molecule has 0 unspecified atom stereocenters. The van der Waals surface area contributed by atoms with Crippen LogP contribution in [0.15, 0.2) is 55.1 Å². The second-order valence-corrected chi connectivity index (χ2v) is 7.22. The Labute approximate surface area is 171 Å². The van der Waals surface area contributed by atoms with Crippen molar-refractivity contribution in [1.29, 1.82) is 0 Å². The minimum Gasteiger partial charge on any atom is -0.451 e. The number of amides is 2. The van der Waals surface area contributed by atoms with E-state index in [0.717, 1.165) is 16.3 Å². The van der Waals surface area contributed by atoms with Crippen molar-refractivity contribution in [3.05, 3.63) is 60.7 Å². The molecule has 0 saturated heterocycles. The number of benzene rings is 2. The molecule has 0 heterocycles. The van der Waals surface area contributed by atoms with E-state index in [2.05, 4.69) is 17.2 Å². The zero-order valence-corrected chi connectivity index (χ0v) is 17.1. The Morgan fingerprint density at radius 1 is 1.07 bits per heavy atom. The van der Waals surface area contributed by atoms with Gasteiger partial charge in [0.2, 0.25) is 5.91 Å². The van der Waals surface area contributed by atoms with Crippen LogP contribution in [0.5, 0.6) is 0 Å². The van der Waals surface area contributed by atoms with Crippen molar-refractivity contribution in [3.8, 4) is 0 Å². The second kappa shape index (κ2) is 10.4. The summed E-state index contributed by atoms with van der Waals surface area (Å²) in [6.07, 6.45) is 0.725. The summed E-state index contributed by atoms with van der Waals surface area (Å²) in [6.45, 7) is 8.92. The van der Waals surface area contributed by atoms with Gasteiger partial charge in [0.05, 0.1) is 6.42 Å². The van der Waals surface area contributed by atoms with Crippen LogP contribution in [0.2, 0.25) is 0 Å². The fraction of sp³-hybridized carbons (Fsp3) is 0.348. The van der Waals surface area contributed by atoms with Crippen molar-refractivity contribution in [2.45, 2.75) is 39.3 Å². The molecule has 0 bridgehead atoms. The van der Waals surface area contributed by atoms with Crippen LogP contribution in [0, 0.1) is 5.92 Å². The molecule has 29 heavy (non-hydrogen) atoms. The van der Waals surface area contributed by atoms with Gasteiger partial charge in [-0.05, 0) is 29.2 Å². The summed E-state index contributed by atoms with van der Waals surface area (Å²) >= 11 is 0. The Hall–Kier alpha value is -3.15. The Kier molecular flexibility index (Phi) is 7.95. The third kappa shape index (κ3) is 6.17. The van der Waals surface area contributed by atoms with Crippen molar-refractivity contribution in [1.82, 2.24) is 10.6 Å². The Morgan fingerprint density at radius 3 is 2.45 bits per heavy atom. The molecule has 6 heteroatoms. The lowest BCUT2D eigenvalue weighted by molar-refractivity contribution is -0.158. The number of ether oxygens (including phenoxy) is 1. The lowest BCUT2D eigenvalue weighted by Crippen LogP contribution is -2.48. The number of fused-ring (bicyclic) bond motifs is 1. The molecule has 0 aliphatic heterocycles. The zero-order chi connectivity index (χ0) is 21.4. The Bertz CT molecular complexity index is 886. The van der Waals surface area contributed by atoms with Crippen LogP contribution in [0.4, 0.5) is 0 Å². The topological polar surface area (TPSA) is 84.5 Å². The third-order valence-corrected chi connectivity index (χ3v) is 4.55.